The summed E-state index contributed by atoms with van der Waals surface area (Å²) in [4.78, 5) is 11.9. The Bertz CT molecular complexity index is 442. The normalized spacial score (nSPS) is 10.1. The summed E-state index contributed by atoms with van der Waals surface area (Å²) in [5, 5.41) is 11.7. The Morgan fingerprint density at radius 2 is 2.06 bits per heavy atom. The van der Waals surface area contributed by atoms with Gasteiger partial charge in [0, 0.05) is 11.6 Å². The average Bonchev–Trinajstić information content (AvgIpc) is 2.33. The van der Waals surface area contributed by atoms with Crippen molar-refractivity contribution in [1.82, 2.24) is 0 Å². The second-order valence-electron chi connectivity index (χ2n) is 4.14. The molecule has 0 aliphatic carbocycles. The number of benzene rings is 1. The molecule has 0 atom stereocenters. The summed E-state index contributed by atoms with van der Waals surface area (Å²) in [5.41, 5.74) is 2.28. The van der Waals surface area contributed by atoms with Crippen LogP contribution in [0.4, 0.5) is 5.69 Å². The largest absolute Gasteiger partial charge is 0.326 e. The third-order valence-electron chi connectivity index (χ3n) is 2.98. The molecule has 0 saturated carbocycles. The maximum absolute atomic E-state index is 11.9. The van der Waals surface area contributed by atoms with E-state index >= 15 is 0 Å². The molecule has 1 rings (SSSR count). The highest BCUT2D eigenvalue weighted by Gasteiger charge is 2.14. The van der Waals surface area contributed by atoms with Gasteiger partial charge in [0.05, 0.1) is 11.6 Å². The molecule has 0 spiro atoms. The fraction of sp³-hybridized carbons (Fsp3) is 0.429. The number of amides is 1. The molecule has 90 valence electrons. The van der Waals surface area contributed by atoms with E-state index in [1.807, 2.05) is 26.8 Å². The number of rotatable bonds is 4. The molecule has 0 saturated heterocycles. The van der Waals surface area contributed by atoms with E-state index in [1.54, 1.807) is 12.1 Å². The number of hydrogen-bond donors (Lipinski definition) is 1. The van der Waals surface area contributed by atoms with Crippen molar-refractivity contribution in [3.8, 4) is 6.07 Å². The fourth-order valence-corrected chi connectivity index (χ4v) is 1.72. The Labute approximate surface area is 102 Å². The van der Waals surface area contributed by atoms with Gasteiger partial charge < -0.3 is 5.32 Å². The van der Waals surface area contributed by atoms with Gasteiger partial charge >= 0.3 is 0 Å². The van der Waals surface area contributed by atoms with Gasteiger partial charge in [0.15, 0.2) is 0 Å². The van der Waals surface area contributed by atoms with E-state index in [0.29, 0.717) is 5.56 Å². The highest BCUT2D eigenvalue weighted by atomic mass is 16.1. The van der Waals surface area contributed by atoms with Crippen LogP contribution in [0.1, 0.15) is 37.8 Å². The minimum Gasteiger partial charge on any atom is -0.326 e. The maximum atomic E-state index is 11.9. The highest BCUT2D eigenvalue weighted by molar-refractivity contribution is 5.93. The molecule has 0 aliphatic heterocycles. The van der Waals surface area contributed by atoms with Gasteiger partial charge in [0.2, 0.25) is 5.91 Å². The van der Waals surface area contributed by atoms with Crippen molar-refractivity contribution in [2.45, 2.75) is 33.6 Å². The number of hydrogen-bond acceptors (Lipinski definition) is 2. The number of aryl methyl sites for hydroxylation is 1. The van der Waals surface area contributed by atoms with Gasteiger partial charge in [-0.15, -0.1) is 0 Å². The molecule has 0 aliphatic rings. The van der Waals surface area contributed by atoms with Crippen molar-refractivity contribution in [1.29, 1.82) is 5.26 Å². The van der Waals surface area contributed by atoms with Crippen molar-refractivity contribution in [2.24, 2.45) is 5.92 Å². The van der Waals surface area contributed by atoms with Crippen molar-refractivity contribution < 1.29 is 4.79 Å². The zero-order valence-corrected chi connectivity index (χ0v) is 10.6. The number of anilines is 1. The Balaban J connectivity index is 2.88. The SMILES string of the molecule is CCC(CC)C(=O)Nc1cc(C#N)ccc1C. The standard InChI is InChI=1S/C14H18N2O/c1-4-12(5-2)14(17)16-13-8-11(9-15)7-6-10(13)3/h6-8,12H,4-5H2,1-3H3,(H,16,17). The first-order valence-corrected chi connectivity index (χ1v) is 5.94. The third kappa shape index (κ3) is 3.32. The van der Waals surface area contributed by atoms with Crippen LogP contribution in [-0.4, -0.2) is 5.91 Å². The monoisotopic (exact) mass is 230 g/mol. The van der Waals surface area contributed by atoms with Crippen molar-refractivity contribution in [3.63, 3.8) is 0 Å². The lowest BCUT2D eigenvalue weighted by molar-refractivity contribution is -0.120. The second-order valence-corrected chi connectivity index (χ2v) is 4.14. The smallest absolute Gasteiger partial charge is 0.227 e. The molecule has 3 heteroatoms. The summed E-state index contributed by atoms with van der Waals surface area (Å²) in [6.45, 7) is 5.93. The third-order valence-corrected chi connectivity index (χ3v) is 2.98. The van der Waals surface area contributed by atoms with Crippen LogP contribution in [0.2, 0.25) is 0 Å². The molecule has 1 N–H and O–H groups in total. The highest BCUT2D eigenvalue weighted by Crippen LogP contribution is 2.18. The summed E-state index contributed by atoms with van der Waals surface area (Å²) < 4.78 is 0. The molecule has 0 bridgehead atoms. The maximum Gasteiger partial charge on any atom is 0.227 e. The van der Waals surface area contributed by atoms with E-state index < -0.39 is 0 Å². The molecule has 3 nitrogen and oxygen atoms in total. The summed E-state index contributed by atoms with van der Waals surface area (Å²) in [5.74, 6) is 0.0772. The lowest BCUT2D eigenvalue weighted by atomic mass is 10.0. The van der Waals surface area contributed by atoms with E-state index in [1.165, 1.54) is 0 Å². The molecule has 1 amide bonds. The zero-order chi connectivity index (χ0) is 12.8. The molecular formula is C14H18N2O. The molecular weight excluding hydrogens is 212 g/mol. The van der Waals surface area contributed by atoms with Crippen LogP contribution in [0, 0.1) is 24.2 Å². The molecule has 0 radical (unpaired) electrons. The summed E-state index contributed by atoms with van der Waals surface area (Å²) in [6.07, 6.45) is 1.67. The lowest BCUT2D eigenvalue weighted by Gasteiger charge is -2.14. The van der Waals surface area contributed by atoms with Gasteiger partial charge in [-0.1, -0.05) is 19.9 Å². The lowest BCUT2D eigenvalue weighted by Crippen LogP contribution is -2.22. The van der Waals surface area contributed by atoms with Gasteiger partial charge in [-0.3, -0.25) is 4.79 Å². The Hall–Kier alpha value is -1.82. The molecule has 1 aromatic carbocycles. The van der Waals surface area contributed by atoms with Crippen LogP contribution in [0.3, 0.4) is 0 Å². The number of carbonyl (C=O) groups excluding carboxylic acids is 1. The van der Waals surface area contributed by atoms with Crippen LogP contribution >= 0.6 is 0 Å². The predicted molar refractivity (Wildman–Crippen MR) is 68.6 cm³/mol. The zero-order valence-electron chi connectivity index (χ0n) is 10.6. The molecule has 1 aromatic rings. The molecule has 0 fully saturated rings. The first kappa shape index (κ1) is 13.2. The molecule has 0 aromatic heterocycles. The van der Waals surface area contributed by atoms with Crippen LogP contribution in [0.5, 0.6) is 0 Å². The van der Waals surface area contributed by atoms with E-state index in [2.05, 4.69) is 11.4 Å². The summed E-state index contributed by atoms with van der Waals surface area (Å²) >= 11 is 0. The van der Waals surface area contributed by atoms with Gasteiger partial charge in [0.1, 0.15) is 0 Å². The van der Waals surface area contributed by atoms with E-state index in [9.17, 15) is 4.79 Å². The number of nitrogens with one attached hydrogen (secondary N) is 1. The molecule has 0 heterocycles. The topological polar surface area (TPSA) is 52.9 Å². The van der Waals surface area contributed by atoms with E-state index in [-0.39, 0.29) is 11.8 Å². The molecule has 0 unspecified atom stereocenters. The minimum atomic E-state index is 0.0354. The van der Waals surface area contributed by atoms with Crippen LogP contribution in [-0.2, 0) is 4.79 Å². The van der Waals surface area contributed by atoms with Crippen LogP contribution in [0.25, 0.3) is 0 Å². The van der Waals surface area contributed by atoms with Gasteiger partial charge in [-0.05, 0) is 37.5 Å². The van der Waals surface area contributed by atoms with Gasteiger partial charge in [-0.2, -0.15) is 5.26 Å². The van der Waals surface area contributed by atoms with Gasteiger partial charge in [0.25, 0.3) is 0 Å². The Kier molecular flexibility index (Phi) is 4.71. The Morgan fingerprint density at radius 3 is 2.59 bits per heavy atom. The minimum absolute atomic E-state index is 0.0354. The summed E-state index contributed by atoms with van der Waals surface area (Å²) in [6, 6.07) is 7.39. The van der Waals surface area contributed by atoms with Crippen molar-refractivity contribution in [3.05, 3.63) is 29.3 Å². The van der Waals surface area contributed by atoms with Crippen molar-refractivity contribution >= 4 is 11.6 Å². The quantitative estimate of drug-likeness (QED) is 0.863. The number of nitrogens with zero attached hydrogens (tertiary/aromatic N) is 1. The number of nitriles is 1. The first-order chi connectivity index (χ1) is 8.12. The van der Waals surface area contributed by atoms with Gasteiger partial charge in [-0.25, -0.2) is 0 Å². The first-order valence-electron chi connectivity index (χ1n) is 5.94. The predicted octanol–water partition coefficient (Wildman–Crippen LogP) is 3.24. The number of carbonyl (C=O) groups is 1. The molecule has 17 heavy (non-hydrogen) atoms. The van der Waals surface area contributed by atoms with Crippen LogP contribution < -0.4 is 5.32 Å². The second kappa shape index (κ2) is 6.05. The van der Waals surface area contributed by atoms with Crippen molar-refractivity contribution in [2.75, 3.05) is 5.32 Å². The van der Waals surface area contributed by atoms with E-state index in [0.717, 1.165) is 24.1 Å². The average molecular weight is 230 g/mol. The van der Waals surface area contributed by atoms with Crippen LogP contribution in [0.15, 0.2) is 18.2 Å². The fourth-order valence-electron chi connectivity index (χ4n) is 1.72. The van der Waals surface area contributed by atoms with E-state index in [4.69, 9.17) is 5.26 Å². The Morgan fingerprint density at radius 1 is 1.41 bits per heavy atom. The summed E-state index contributed by atoms with van der Waals surface area (Å²) in [7, 11) is 0.